The second kappa shape index (κ2) is 12.0. The third-order valence-corrected chi connectivity index (χ3v) is 7.12. The van der Waals surface area contributed by atoms with E-state index in [9.17, 15) is 9.59 Å². The largest absolute Gasteiger partial charge is 0.478 e. The second-order valence-electron chi connectivity index (χ2n) is 9.65. The lowest BCUT2D eigenvalue weighted by atomic mass is 9.91. The number of amides is 1. The molecule has 1 atom stereocenters. The summed E-state index contributed by atoms with van der Waals surface area (Å²) in [5, 5.41) is 2.28. The van der Waals surface area contributed by atoms with Crippen LogP contribution in [0.25, 0.3) is 22.2 Å². The van der Waals surface area contributed by atoms with Crippen molar-refractivity contribution in [3.8, 4) is 17.2 Å². The quantitative estimate of drug-likeness (QED) is 0.266. The number of aromatic nitrogens is 1. The van der Waals surface area contributed by atoms with E-state index in [0.29, 0.717) is 49.8 Å². The Hall–Kier alpha value is -4.33. The summed E-state index contributed by atoms with van der Waals surface area (Å²) < 4.78 is 22.4. The fraction of sp³-hybridized carbons (Fsp3) is 0.323. The number of para-hydroxylation sites is 1. The molecule has 1 unspecified atom stereocenters. The lowest BCUT2D eigenvalue weighted by Gasteiger charge is -2.34. The molecule has 1 aliphatic rings. The molecule has 1 saturated heterocycles. The molecule has 2 heterocycles. The summed E-state index contributed by atoms with van der Waals surface area (Å²) in [6.45, 7) is 3.02. The van der Waals surface area contributed by atoms with E-state index >= 15 is 0 Å². The summed E-state index contributed by atoms with van der Waals surface area (Å²) in [4.78, 5) is 31.5. The Morgan fingerprint density at radius 3 is 2.46 bits per heavy atom. The third kappa shape index (κ3) is 6.22. The van der Waals surface area contributed by atoms with Crippen molar-refractivity contribution in [2.75, 3.05) is 26.8 Å². The Labute approximate surface area is 227 Å². The van der Waals surface area contributed by atoms with E-state index in [0.717, 1.165) is 22.0 Å². The van der Waals surface area contributed by atoms with Crippen LogP contribution in [0.3, 0.4) is 0 Å². The smallest absolute Gasteiger partial charge is 0.409 e. The van der Waals surface area contributed by atoms with Gasteiger partial charge >= 0.3 is 12.1 Å². The number of likely N-dealkylation sites (tertiary alicyclic amines) is 1. The van der Waals surface area contributed by atoms with E-state index in [1.807, 2.05) is 55.5 Å². The molecule has 0 aliphatic carbocycles. The van der Waals surface area contributed by atoms with Gasteiger partial charge in [0.05, 0.1) is 19.4 Å². The Bertz CT molecular complexity index is 1430. The highest BCUT2D eigenvalue weighted by atomic mass is 16.6. The van der Waals surface area contributed by atoms with Gasteiger partial charge in [-0.2, -0.15) is 0 Å². The predicted molar refractivity (Wildman–Crippen MR) is 146 cm³/mol. The average molecular weight is 529 g/mol. The minimum absolute atomic E-state index is 0.0620. The van der Waals surface area contributed by atoms with Crippen LogP contribution < -0.4 is 4.74 Å². The van der Waals surface area contributed by atoms with Gasteiger partial charge in [-0.3, -0.25) is 0 Å². The highest BCUT2D eigenvalue weighted by Gasteiger charge is 2.35. The molecule has 0 bridgehead atoms. The predicted octanol–water partition coefficient (Wildman–Crippen LogP) is 5.81. The molecule has 202 valence electrons. The first-order valence-corrected chi connectivity index (χ1v) is 13.2. The molecule has 1 aromatic heterocycles. The summed E-state index contributed by atoms with van der Waals surface area (Å²) in [6.07, 6.45) is 0.587. The fourth-order valence-electron chi connectivity index (χ4n) is 4.92. The number of esters is 1. The Morgan fingerprint density at radius 2 is 1.72 bits per heavy atom. The van der Waals surface area contributed by atoms with Crippen LogP contribution in [0.2, 0.25) is 0 Å². The van der Waals surface area contributed by atoms with Crippen molar-refractivity contribution >= 4 is 22.8 Å². The maximum Gasteiger partial charge on any atom is 0.409 e. The Kier molecular flexibility index (Phi) is 8.10. The average Bonchev–Trinajstić information content (AvgIpc) is 3.36. The van der Waals surface area contributed by atoms with Gasteiger partial charge in [0.2, 0.25) is 5.89 Å². The van der Waals surface area contributed by atoms with Gasteiger partial charge < -0.3 is 23.5 Å². The minimum atomic E-state index is -0.720. The van der Waals surface area contributed by atoms with Gasteiger partial charge in [-0.1, -0.05) is 48.5 Å². The molecular formula is C31H32N2O6. The van der Waals surface area contributed by atoms with Gasteiger partial charge in [0.15, 0.2) is 6.10 Å². The highest BCUT2D eigenvalue weighted by molar-refractivity contribution is 5.86. The molecule has 8 nitrogen and oxygen atoms in total. The van der Waals surface area contributed by atoms with Crippen molar-refractivity contribution in [1.82, 2.24) is 9.88 Å². The maximum absolute atomic E-state index is 12.7. The number of hydrogen-bond acceptors (Lipinski definition) is 7. The molecule has 39 heavy (non-hydrogen) atoms. The summed E-state index contributed by atoms with van der Waals surface area (Å²) in [7, 11) is 1.36. The number of benzene rings is 3. The molecule has 8 heteroatoms. The SMILES string of the molecule is COC(=O)C(Oc1ccccc1)C1CCN(C(=O)OCCc2nc(-c3ccc4ccccc4c3)oc2C)CC1. The number of fused-ring (bicyclic) bond motifs is 1. The van der Waals surface area contributed by atoms with Gasteiger partial charge in [-0.05, 0) is 54.8 Å². The molecule has 3 aromatic carbocycles. The van der Waals surface area contributed by atoms with Crippen LogP contribution in [0.1, 0.15) is 24.3 Å². The van der Waals surface area contributed by atoms with Crippen molar-refractivity contribution in [2.24, 2.45) is 5.92 Å². The molecule has 1 fully saturated rings. The van der Waals surface area contributed by atoms with Crippen LogP contribution in [-0.4, -0.2) is 54.9 Å². The normalized spacial score (nSPS) is 14.7. The standard InChI is InChI=1S/C31H32N2O6/c1-21-27(32-29(38-21)25-13-12-22-8-6-7-9-24(22)20-25)16-19-37-31(35)33-17-14-23(15-18-33)28(30(34)36-2)39-26-10-4-3-5-11-26/h3-13,20,23,28H,14-19H2,1-2H3. The number of methoxy groups -OCH3 is 1. The lowest BCUT2D eigenvalue weighted by Crippen LogP contribution is -2.45. The van der Waals surface area contributed by atoms with E-state index in [1.165, 1.54) is 7.11 Å². The zero-order valence-electron chi connectivity index (χ0n) is 22.2. The number of carbonyl (C=O) groups is 2. The molecule has 0 saturated carbocycles. The van der Waals surface area contributed by atoms with E-state index < -0.39 is 12.1 Å². The van der Waals surface area contributed by atoms with Crippen LogP contribution in [-0.2, 0) is 20.7 Å². The van der Waals surface area contributed by atoms with E-state index in [1.54, 1.807) is 4.90 Å². The van der Waals surface area contributed by atoms with Gasteiger partial charge in [-0.25, -0.2) is 14.6 Å². The third-order valence-electron chi connectivity index (χ3n) is 7.12. The van der Waals surface area contributed by atoms with Crippen molar-refractivity contribution in [3.05, 3.63) is 84.3 Å². The van der Waals surface area contributed by atoms with Crippen molar-refractivity contribution < 1.29 is 28.2 Å². The van der Waals surface area contributed by atoms with Crippen molar-refractivity contribution in [3.63, 3.8) is 0 Å². The number of piperidine rings is 1. The van der Waals surface area contributed by atoms with E-state index in [4.69, 9.17) is 18.6 Å². The molecule has 1 amide bonds. The van der Waals surface area contributed by atoms with Crippen LogP contribution in [0.5, 0.6) is 5.75 Å². The minimum Gasteiger partial charge on any atom is -0.478 e. The highest BCUT2D eigenvalue weighted by Crippen LogP contribution is 2.27. The topological polar surface area (TPSA) is 91.1 Å². The van der Waals surface area contributed by atoms with Crippen LogP contribution in [0.4, 0.5) is 4.79 Å². The summed E-state index contributed by atoms with van der Waals surface area (Å²) in [5.74, 6) is 1.41. The first kappa shape index (κ1) is 26.3. The Morgan fingerprint density at radius 1 is 1.00 bits per heavy atom. The molecule has 4 aromatic rings. The molecule has 1 aliphatic heterocycles. The number of oxazole rings is 1. The first-order chi connectivity index (χ1) is 19.0. The molecular weight excluding hydrogens is 496 g/mol. The molecule has 0 spiro atoms. The van der Waals surface area contributed by atoms with Gasteiger partial charge in [0.1, 0.15) is 11.5 Å². The van der Waals surface area contributed by atoms with Gasteiger partial charge in [-0.15, -0.1) is 0 Å². The number of hydrogen-bond donors (Lipinski definition) is 0. The van der Waals surface area contributed by atoms with Crippen LogP contribution in [0, 0.1) is 12.8 Å². The maximum atomic E-state index is 12.7. The second-order valence-corrected chi connectivity index (χ2v) is 9.65. The number of carbonyl (C=O) groups excluding carboxylic acids is 2. The fourth-order valence-corrected chi connectivity index (χ4v) is 4.92. The number of nitrogens with zero attached hydrogens (tertiary/aromatic N) is 2. The summed E-state index contributed by atoms with van der Waals surface area (Å²) in [6, 6.07) is 23.5. The molecule has 0 N–H and O–H groups in total. The van der Waals surface area contributed by atoms with Gasteiger partial charge in [0, 0.05) is 31.0 Å². The summed E-state index contributed by atoms with van der Waals surface area (Å²) in [5.41, 5.74) is 1.67. The number of rotatable bonds is 8. The number of ether oxygens (including phenoxy) is 3. The number of aryl methyl sites for hydroxylation is 1. The van der Waals surface area contributed by atoms with E-state index in [2.05, 4.69) is 29.2 Å². The Balaban J connectivity index is 1.12. The van der Waals surface area contributed by atoms with Crippen molar-refractivity contribution in [2.45, 2.75) is 32.3 Å². The first-order valence-electron chi connectivity index (χ1n) is 13.2. The zero-order chi connectivity index (χ0) is 27.2. The zero-order valence-corrected chi connectivity index (χ0v) is 22.2. The van der Waals surface area contributed by atoms with Crippen molar-refractivity contribution in [1.29, 1.82) is 0 Å². The molecule has 5 rings (SSSR count). The lowest BCUT2D eigenvalue weighted by molar-refractivity contribution is -0.152. The van der Waals surface area contributed by atoms with Gasteiger partial charge in [0.25, 0.3) is 0 Å². The summed E-state index contributed by atoms with van der Waals surface area (Å²) >= 11 is 0. The molecule has 0 radical (unpaired) electrons. The monoisotopic (exact) mass is 528 g/mol. The van der Waals surface area contributed by atoms with Crippen LogP contribution >= 0.6 is 0 Å². The van der Waals surface area contributed by atoms with Crippen LogP contribution in [0.15, 0.2) is 77.2 Å². The van der Waals surface area contributed by atoms with E-state index in [-0.39, 0.29) is 18.6 Å².